The fourth-order valence-electron chi connectivity index (χ4n) is 4.72. The zero-order valence-corrected chi connectivity index (χ0v) is 14.3. The molecule has 0 unspecified atom stereocenters. The summed E-state index contributed by atoms with van der Waals surface area (Å²) in [6, 6.07) is 7.92. The van der Waals surface area contributed by atoms with Crippen LogP contribution in [0, 0.1) is 17.8 Å². The Kier molecular flexibility index (Phi) is 3.62. The molecule has 2 amide bonds. The summed E-state index contributed by atoms with van der Waals surface area (Å²) in [6.45, 7) is 0. The molecule has 1 aromatic carbocycles. The van der Waals surface area contributed by atoms with Crippen molar-refractivity contribution in [2.24, 2.45) is 17.8 Å². The molecule has 8 nitrogen and oxygen atoms in total. The molecule has 0 spiro atoms. The number of anilines is 1. The van der Waals surface area contributed by atoms with E-state index in [9.17, 15) is 19.2 Å². The Hall–Kier alpha value is -2.74. The second-order valence-corrected chi connectivity index (χ2v) is 6.82. The number of hydrogen-bond acceptors (Lipinski definition) is 7. The number of para-hydroxylation sites is 1. The summed E-state index contributed by atoms with van der Waals surface area (Å²) in [5, 5.41) is 3.05. The molecular formula is C18H18N2O6. The normalized spacial score (nSPS) is 34.8. The average molecular weight is 358 g/mol. The molecule has 8 heteroatoms. The number of imide groups is 1. The predicted octanol–water partition coefficient (Wildman–Crippen LogP) is -0.131. The van der Waals surface area contributed by atoms with Crippen LogP contribution < -0.4 is 10.2 Å². The molecule has 3 aliphatic rings. The lowest BCUT2D eigenvalue weighted by atomic mass is 9.68. The maximum Gasteiger partial charge on any atom is 0.326 e. The molecule has 3 aliphatic heterocycles. The Morgan fingerprint density at radius 1 is 1.12 bits per heavy atom. The third-order valence-electron chi connectivity index (χ3n) is 5.74. The summed E-state index contributed by atoms with van der Waals surface area (Å²) in [4.78, 5) is 52.0. The first-order chi connectivity index (χ1) is 12.5. The summed E-state index contributed by atoms with van der Waals surface area (Å²) < 4.78 is 9.74. The van der Waals surface area contributed by atoms with Gasteiger partial charge in [0.15, 0.2) is 0 Å². The van der Waals surface area contributed by atoms with Crippen LogP contribution in [0.3, 0.4) is 0 Å². The summed E-state index contributed by atoms with van der Waals surface area (Å²) in [6.07, 6.45) is 0.0693. The fourth-order valence-corrected chi connectivity index (χ4v) is 4.72. The van der Waals surface area contributed by atoms with Crippen LogP contribution in [0.2, 0.25) is 0 Å². The van der Waals surface area contributed by atoms with E-state index in [1.165, 1.54) is 14.2 Å². The van der Waals surface area contributed by atoms with E-state index < -0.39 is 53.1 Å². The highest BCUT2D eigenvalue weighted by Gasteiger charge is 2.75. The van der Waals surface area contributed by atoms with E-state index in [4.69, 9.17) is 9.47 Å². The first-order valence-electron chi connectivity index (χ1n) is 8.33. The van der Waals surface area contributed by atoms with Gasteiger partial charge in [0.05, 0.1) is 37.7 Å². The van der Waals surface area contributed by atoms with E-state index in [0.29, 0.717) is 5.69 Å². The number of esters is 2. The van der Waals surface area contributed by atoms with Gasteiger partial charge in [0.1, 0.15) is 5.54 Å². The van der Waals surface area contributed by atoms with Crippen molar-refractivity contribution >= 4 is 29.4 Å². The highest BCUT2D eigenvalue weighted by Crippen LogP contribution is 2.54. The number of methoxy groups -OCH3 is 2. The molecule has 136 valence electrons. The lowest BCUT2D eigenvalue weighted by molar-refractivity contribution is -0.154. The van der Waals surface area contributed by atoms with Gasteiger partial charge in [-0.15, -0.1) is 0 Å². The molecule has 0 aliphatic carbocycles. The summed E-state index contributed by atoms with van der Waals surface area (Å²) in [5.41, 5.74) is -0.940. The Balaban J connectivity index is 1.79. The van der Waals surface area contributed by atoms with Gasteiger partial charge in [-0.05, 0) is 18.6 Å². The molecular weight excluding hydrogens is 340 g/mol. The van der Waals surface area contributed by atoms with Gasteiger partial charge in [-0.25, -0.2) is 4.90 Å². The van der Waals surface area contributed by atoms with Crippen LogP contribution in [0.25, 0.3) is 0 Å². The van der Waals surface area contributed by atoms with Crippen LogP contribution in [0.15, 0.2) is 30.3 Å². The van der Waals surface area contributed by atoms with Gasteiger partial charge in [0, 0.05) is 6.04 Å². The van der Waals surface area contributed by atoms with Gasteiger partial charge >= 0.3 is 11.9 Å². The quantitative estimate of drug-likeness (QED) is 0.593. The van der Waals surface area contributed by atoms with Crippen LogP contribution in [-0.2, 0) is 28.7 Å². The number of ether oxygens (including phenoxy) is 2. The molecule has 3 fully saturated rings. The standard InChI is InChI=1S/C18H18N2O6/c1-25-16(23)10-8-18(17(24)26-2)12-11(13(10)19-18)14(21)20(15(12)22)9-6-4-3-5-7-9/h3-7,10-13,19H,8H2,1-2H3/t10-,11-,12-,13+,18-/m0/s1. The Bertz CT molecular complexity index is 809. The third-order valence-corrected chi connectivity index (χ3v) is 5.74. The first kappa shape index (κ1) is 16.7. The van der Waals surface area contributed by atoms with E-state index in [0.717, 1.165) is 4.90 Å². The van der Waals surface area contributed by atoms with E-state index in [-0.39, 0.29) is 6.42 Å². The Morgan fingerprint density at radius 2 is 1.81 bits per heavy atom. The fraction of sp³-hybridized carbons (Fsp3) is 0.444. The largest absolute Gasteiger partial charge is 0.469 e. The molecule has 4 rings (SSSR count). The first-order valence-corrected chi connectivity index (χ1v) is 8.33. The zero-order chi connectivity index (χ0) is 18.6. The van der Waals surface area contributed by atoms with Crippen molar-refractivity contribution < 1.29 is 28.7 Å². The van der Waals surface area contributed by atoms with Gasteiger partial charge in [-0.1, -0.05) is 18.2 Å². The molecule has 0 saturated carbocycles. The number of carbonyl (C=O) groups excluding carboxylic acids is 4. The molecule has 3 heterocycles. The molecule has 5 atom stereocenters. The van der Waals surface area contributed by atoms with Crippen molar-refractivity contribution in [1.29, 1.82) is 0 Å². The number of fused-ring (bicyclic) bond motifs is 5. The number of hydrogen-bond donors (Lipinski definition) is 1. The van der Waals surface area contributed by atoms with Gasteiger partial charge in [0.2, 0.25) is 11.8 Å². The number of rotatable bonds is 3. The highest BCUT2D eigenvalue weighted by molar-refractivity contribution is 6.24. The maximum absolute atomic E-state index is 13.1. The zero-order valence-electron chi connectivity index (χ0n) is 14.3. The number of benzene rings is 1. The van der Waals surface area contributed by atoms with Gasteiger partial charge in [-0.2, -0.15) is 0 Å². The van der Waals surface area contributed by atoms with Gasteiger partial charge in [0.25, 0.3) is 0 Å². The molecule has 1 aromatic rings. The lowest BCUT2D eigenvalue weighted by Crippen LogP contribution is -2.54. The van der Waals surface area contributed by atoms with Crippen LogP contribution in [0.5, 0.6) is 0 Å². The van der Waals surface area contributed by atoms with E-state index in [1.54, 1.807) is 30.3 Å². The third kappa shape index (κ3) is 1.93. The van der Waals surface area contributed by atoms with Crippen LogP contribution in [0.4, 0.5) is 5.69 Å². The lowest BCUT2D eigenvalue weighted by Gasteiger charge is -2.31. The number of nitrogens with one attached hydrogen (secondary N) is 1. The van der Waals surface area contributed by atoms with E-state index >= 15 is 0 Å². The Morgan fingerprint density at radius 3 is 2.42 bits per heavy atom. The van der Waals surface area contributed by atoms with Gasteiger partial charge < -0.3 is 9.47 Å². The number of nitrogens with zero attached hydrogens (tertiary/aromatic N) is 1. The van der Waals surface area contributed by atoms with Crippen molar-refractivity contribution in [2.45, 2.75) is 18.0 Å². The van der Waals surface area contributed by atoms with E-state index in [1.807, 2.05) is 0 Å². The van der Waals surface area contributed by atoms with Crippen LogP contribution in [0.1, 0.15) is 6.42 Å². The summed E-state index contributed by atoms with van der Waals surface area (Å²) in [5.74, 6) is -4.40. The monoisotopic (exact) mass is 358 g/mol. The summed E-state index contributed by atoms with van der Waals surface area (Å²) >= 11 is 0. The maximum atomic E-state index is 13.1. The molecule has 3 saturated heterocycles. The molecule has 2 bridgehead atoms. The van der Waals surface area contributed by atoms with Crippen molar-refractivity contribution in [2.75, 3.05) is 19.1 Å². The molecule has 1 N–H and O–H groups in total. The minimum atomic E-state index is -1.39. The highest BCUT2D eigenvalue weighted by atomic mass is 16.5. The predicted molar refractivity (Wildman–Crippen MR) is 87.7 cm³/mol. The van der Waals surface area contributed by atoms with Crippen LogP contribution >= 0.6 is 0 Å². The van der Waals surface area contributed by atoms with Crippen LogP contribution in [-0.4, -0.2) is 49.6 Å². The minimum absolute atomic E-state index is 0.0693. The second kappa shape index (κ2) is 5.63. The summed E-state index contributed by atoms with van der Waals surface area (Å²) in [7, 11) is 2.48. The molecule has 26 heavy (non-hydrogen) atoms. The van der Waals surface area contributed by atoms with Gasteiger partial charge in [-0.3, -0.25) is 24.5 Å². The number of amides is 2. The smallest absolute Gasteiger partial charge is 0.326 e. The second-order valence-electron chi connectivity index (χ2n) is 6.82. The minimum Gasteiger partial charge on any atom is -0.469 e. The van der Waals surface area contributed by atoms with Crippen molar-refractivity contribution in [3.05, 3.63) is 30.3 Å². The average Bonchev–Trinajstić information content (AvgIpc) is 3.30. The Labute approximate surface area is 149 Å². The van der Waals surface area contributed by atoms with Crippen molar-refractivity contribution in [3.63, 3.8) is 0 Å². The van der Waals surface area contributed by atoms with Crippen molar-refractivity contribution in [1.82, 2.24) is 5.32 Å². The van der Waals surface area contributed by atoms with E-state index in [2.05, 4.69) is 5.32 Å². The molecule has 0 radical (unpaired) electrons. The topological polar surface area (TPSA) is 102 Å². The molecule has 0 aromatic heterocycles. The van der Waals surface area contributed by atoms with Crippen molar-refractivity contribution in [3.8, 4) is 0 Å². The number of carbonyl (C=O) groups is 4. The SMILES string of the molecule is COC(=O)[C@H]1C[C@]2(C(=O)OC)N[C@H]1[C@H]1C(=O)N(c3ccccc3)C(=O)[C@H]12.